The van der Waals surface area contributed by atoms with Crippen molar-refractivity contribution in [1.82, 2.24) is 9.97 Å². The number of fused-ring (bicyclic) bond motifs is 1. The molecule has 4 heteroatoms. The van der Waals surface area contributed by atoms with Crippen LogP contribution in [0, 0.1) is 13.8 Å². The van der Waals surface area contributed by atoms with E-state index in [-0.39, 0.29) is 5.41 Å². The van der Waals surface area contributed by atoms with Gasteiger partial charge in [-0.1, -0.05) is 32.4 Å². The first-order chi connectivity index (χ1) is 7.30. The van der Waals surface area contributed by atoms with Crippen molar-refractivity contribution in [2.24, 2.45) is 0 Å². The number of hydrogen-bond acceptors (Lipinski definition) is 3. The summed E-state index contributed by atoms with van der Waals surface area (Å²) in [5.41, 5.74) is 1.13. The molecule has 2 aromatic rings. The molecule has 0 aliphatic rings. The monoisotopic (exact) mass is 254 g/mol. The minimum Gasteiger partial charge on any atom is -0.221 e. The number of aromatic nitrogens is 2. The van der Waals surface area contributed by atoms with Crippen LogP contribution in [0.1, 0.15) is 37.0 Å². The van der Waals surface area contributed by atoms with Gasteiger partial charge in [0.2, 0.25) is 0 Å². The molecule has 86 valence electrons. The Bertz CT molecular complexity index is 552. The first-order valence-electron chi connectivity index (χ1n) is 5.24. The molecular weight excluding hydrogens is 240 g/mol. The summed E-state index contributed by atoms with van der Waals surface area (Å²) in [4.78, 5) is 11.3. The highest BCUT2D eigenvalue weighted by Crippen LogP contribution is 2.34. The molecule has 0 atom stereocenters. The summed E-state index contributed by atoms with van der Waals surface area (Å²) in [5, 5.41) is 1.59. The second-order valence-corrected chi connectivity index (χ2v) is 6.61. The number of aryl methyl sites for hydroxylation is 2. The average Bonchev–Trinajstić information content (AvgIpc) is 2.41. The van der Waals surface area contributed by atoms with Gasteiger partial charge in [0, 0.05) is 10.3 Å². The van der Waals surface area contributed by atoms with Crippen LogP contribution in [0.15, 0.2) is 0 Å². The van der Waals surface area contributed by atoms with Crippen molar-refractivity contribution in [2.45, 2.75) is 40.0 Å². The van der Waals surface area contributed by atoms with E-state index in [1.54, 1.807) is 11.3 Å². The van der Waals surface area contributed by atoms with E-state index >= 15 is 0 Å². The van der Waals surface area contributed by atoms with Gasteiger partial charge in [-0.15, -0.1) is 11.3 Å². The summed E-state index contributed by atoms with van der Waals surface area (Å²) in [7, 11) is 0. The Morgan fingerprint density at radius 3 is 2.31 bits per heavy atom. The van der Waals surface area contributed by atoms with Crippen LogP contribution in [-0.4, -0.2) is 9.97 Å². The molecule has 0 fully saturated rings. The van der Waals surface area contributed by atoms with Crippen LogP contribution in [-0.2, 0) is 5.41 Å². The van der Waals surface area contributed by atoms with Gasteiger partial charge in [0.15, 0.2) is 0 Å². The number of thiophene rings is 1. The maximum Gasteiger partial charge on any atom is 0.141 e. The summed E-state index contributed by atoms with van der Waals surface area (Å²) < 4.78 is 0. The quantitative estimate of drug-likeness (QED) is 0.657. The van der Waals surface area contributed by atoms with Gasteiger partial charge >= 0.3 is 0 Å². The van der Waals surface area contributed by atoms with Gasteiger partial charge in [-0.25, -0.2) is 9.97 Å². The molecule has 2 heterocycles. The number of rotatable bonds is 0. The highest BCUT2D eigenvalue weighted by molar-refractivity contribution is 7.18. The van der Waals surface area contributed by atoms with Crippen molar-refractivity contribution in [2.75, 3.05) is 0 Å². The minimum atomic E-state index is -0.0658. The molecule has 0 radical (unpaired) electrons. The van der Waals surface area contributed by atoms with Crippen molar-refractivity contribution >= 4 is 33.2 Å². The fourth-order valence-corrected chi connectivity index (χ4v) is 2.93. The molecule has 0 bridgehead atoms. The van der Waals surface area contributed by atoms with Crippen LogP contribution in [0.4, 0.5) is 0 Å². The Hall–Kier alpha value is -0.670. The van der Waals surface area contributed by atoms with Crippen LogP contribution in [0.3, 0.4) is 0 Å². The Morgan fingerprint density at radius 2 is 1.75 bits per heavy atom. The predicted octanol–water partition coefficient (Wildman–Crippen LogP) is 4.26. The second-order valence-electron chi connectivity index (χ2n) is 5.05. The summed E-state index contributed by atoms with van der Waals surface area (Å²) >= 11 is 7.93. The lowest BCUT2D eigenvalue weighted by molar-refractivity contribution is 0.549. The summed E-state index contributed by atoms with van der Waals surface area (Å²) in [6.45, 7) is 10.4. The number of nitrogens with zero attached hydrogens (tertiary/aromatic N) is 2. The highest BCUT2D eigenvalue weighted by atomic mass is 35.5. The van der Waals surface area contributed by atoms with E-state index in [2.05, 4.69) is 44.6 Å². The summed E-state index contributed by atoms with van der Waals surface area (Å²) in [5.74, 6) is 0.811. The lowest BCUT2D eigenvalue weighted by Crippen LogP contribution is -2.15. The van der Waals surface area contributed by atoms with Gasteiger partial charge in [0.25, 0.3) is 0 Å². The predicted molar refractivity (Wildman–Crippen MR) is 70.6 cm³/mol. The van der Waals surface area contributed by atoms with Crippen LogP contribution >= 0.6 is 22.9 Å². The van der Waals surface area contributed by atoms with E-state index in [0.717, 1.165) is 16.0 Å². The standard InChI is InChI=1S/C12H15ClN2S/c1-6-7(2)16-10-8(6)9(13)14-11(15-10)12(3,4)5/h1-5H3. The largest absolute Gasteiger partial charge is 0.221 e. The van der Waals surface area contributed by atoms with Crippen LogP contribution in [0.5, 0.6) is 0 Å². The van der Waals surface area contributed by atoms with Crippen LogP contribution < -0.4 is 0 Å². The third kappa shape index (κ3) is 1.82. The zero-order valence-corrected chi connectivity index (χ0v) is 11.8. The Kier molecular flexibility index (Phi) is 2.71. The Morgan fingerprint density at radius 1 is 1.12 bits per heavy atom. The Labute approximate surface area is 105 Å². The molecule has 2 aromatic heterocycles. The second kappa shape index (κ2) is 3.67. The summed E-state index contributed by atoms with van der Waals surface area (Å²) in [6.07, 6.45) is 0. The molecule has 0 amide bonds. The topological polar surface area (TPSA) is 25.8 Å². The van der Waals surface area contributed by atoms with Gasteiger partial charge < -0.3 is 0 Å². The first kappa shape index (κ1) is 11.8. The molecule has 0 aromatic carbocycles. The fraction of sp³-hybridized carbons (Fsp3) is 0.500. The van der Waals surface area contributed by atoms with Crippen molar-refractivity contribution in [3.05, 3.63) is 21.4 Å². The van der Waals surface area contributed by atoms with E-state index in [9.17, 15) is 0 Å². The van der Waals surface area contributed by atoms with Crippen molar-refractivity contribution in [3.8, 4) is 0 Å². The van der Waals surface area contributed by atoms with Gasteiger partial charge in [-0.05, 0) is 19.4 Å². The molecule has 2 rings (SSSR count). The van der Waals surface area contributed by atoms with Crippen molar-refractivity contribution in [3.63, 3.8) is 0 Å². The summed E-state index contributed by atoms with van der Waals surface area (Å²) in [6, 6.07) is 0. The number of hydrogen-bond donors (Lipinski definition) is 0. The van der Waals surface area contributed by atoms with E-state index < -0.39 is 0 Å². The Balaban J connectivity index is 2.79. The van der Waals surface area contributed by atoms with E-state index in [1.165, 1.54) is 10.4 Å². The smallest absolute Gasteiger partial charge is 0.141 e. The molecule has 0 unspecified atom stereocenters. The number of halogens is 1. The maximum absolute atomic E-state index is 6.24. The van der Waals surface area contributed by atoms with Crippen molar-refractivity contribution in [1.29, 1.82) is 0 Å². The molecule has 0 spiro atoms. The third-order valence-corrected chi connectivity index (χ3v) is 4.03. The molecular formula is C12H15ClN2S. The van der Waals surface area contributed by atoms with Crippen LogP contribution in [0.2, 0.25) is 5.15 Å². The normalized spacial score (nSPS) is 12.4. The molecule has 0 aliphatic carbocycles. The lowest BCUT2D eigenvalue weighted by atomic mass is 9.96. The SMILES string of the molecule is Cc1sc2nc(C(C)(C)C)nc(Cl)c2c1C. The van der Waals surface area contributed by atoms with Gasteiger partial charge in [-0.2, -0.15) is 0 Å². The van der Waals surface area contributed by atoms with Crippen LogP contribution in [0.25, 0.3) is 10.2 Å². The first-order valence-corrected chi connectivity index (χ1v) is 6.44. The zero-order chi connectivity index (χ0) is 12.1. The molecule has 0 aliphatic heterocycles. The fourth-order valence-electron chi connectivity index (χ4n) is 1.54. The minimum absolute atomic E-state index is 0.0658. The maximum atomic E-state index is 6.24. The molecule has 0 N–H and O–H groups in total. The third-order valence-electron chi connectivity index (χ3n) is 2.66. The molecule has 2 nitrogen and oxygen atoms in total. The van der Waals surface area contributed by atoms with E-state index in [4.69, 9.17) is 11.6 Å². The lowest BCUT2D eigenvalue weighted by Gasteiger charge is -2.16. The van der Waals surface area contributed by atoms with Gasteiger partial charge in [0.1, 0.15) is 15.8 Å². The van der Waals surface area contributed by atoms with Gasteiger partial charge in [-0.3, -0.25) is 0 Å². The van der Waals surface area contributed by atoms with Crippen molar-refractivity contribution < 1.29 is 0 Å². The van der Waals surface area contributed by atoms with E-state index in [0.29, 0.717) is 5.15 Å². The molecule has 0 saturated heterocycles. The highest BCUT2D eigenvalue weighted by Gasteiger charge is 2.21. The zero-order valence-electron chi connectivity index (χ0n) is 10.2. The van der Waals surface area contributed by atoms with Gasteiger partial charge in [0.05, 0.1) is 5.39 Å². The average molecular weight is 255 g/mol. The van der Waals surface area contributed by atoms with E-state index in [1.807, 2.05) is 0 Å². The molecule has 0 saturated carbocycles. The molecule has 16 heavy (non-hydrogen) atoms.